The van der Waals surface area contributed by atoms with Crippen molar-refractivity contribution in [2.24, 2.45) is 5.41 Å². The number of amides is 2. The Labute approximate surface area is 245 Å². The molecule has 1 aliphatic rings. The monoisotopic (exact) mass is 566 g/mol. The number of hydrogen-bond donors (Lipinski definition) is 3. The molecule has 7 nitrogen and oxygen atoms in total. The lowest BCUT2D eigenvalue weighted by Crippen LogP contribution is -2.56. The summed E-state index contributed by atoms with van der Waals surface area (Å²) in [5, 5.41) is 15.9. The first-order valence-corrected chi connectivity index (χ1v) is 16.3. The Kier molecular flexibility index (Phi) is 19.5. The third-order valence-corrected chi connectivity index (χ3v) is 7.63. The van der Waals surface area contributed by atoms with Crippen molar-refractivity contribution in [2.75, 3.05) is 19.7 Å². The van der Waals surface area contributed by atoms with Crippen LogP contribution in [0.2, 0.25) is 0 Å². The molecule has 0 aliphatic carbocycles. The summed E-state index contributed by atoms with van der Waals surface area (Å²) in [5.74, 6) is -1.11. The van der Waals surface area contributed by atoms with Gasteiger partial charge < -0.3 is 25.2 Å². The second-order valence-corrected chi connectivity index (χ2v) is 12.7. The van der Waals surface area contributed by atoms with E-state index in [9.17, 15) is 14.7 Å². The summed E-state index contributed by atoms with van der Waals surface area (Å²) in [5.41, 5.74) is -0.438. The average Bonchev–Trinajstić information content (AvgIpc) is 2.90. The first-order valence-electron chi connectivity index (χ1n) is 16.3. The van der Waals surface area contributed by atoms with E-state index in [1.165, 1.54) is 77.0 Å². The van der Waals surface area contributed by atoms with Gasteiger partial charge in [-0.25, -0.2) is 0 Å². The van der Waals surface area contributed by atoms with Crippen molar-refractivity contribution in [3.8, 4) is 0 Å². The van der Waals surface area contributed by atoms with Gasteiger partial charge in [0.25, 0.3) is 0 Å². The lowest BCUT2D eigenvalue weighted by atomic mass is 9.85. The fraction of sp³-hybridized carbons (Fsp3) is 0.879. The SMILES string of the molecule is CCCCCCCC/C=C\CCCCCCCC(O)CCCNC(=O)CCNC(=O)C1OC(C)(C)OCC1(C)C. The molecule has 234 valence electrons. The molecule has 2 unspecified atom stereocenters. The molecule has 40 heavy (non-hydrogen) atoms. The van der Waals surface area contributed by atoms with Gasteiger partial charge in [0.2, 0.25) is 11.8 Å². The zero-order valence-corrected chi connectivity index (χ0v) is 26.5. The number of carbonyl (C=O) groups excluding carboxylic acids is 2. The second-order valence-electron chi connectivity index (χ2n) is 12.7. The van der Waals surface area contributed by atoms with E-state index < -0.39 is 17.3 Å². The van der Waals surface area contributed by atoms with E-state index in [0.717, 1.165) is 19.3 Å². The molecule has 1 aliphatic heterocycles. The van der Waals surface area contributed by atoms with E-state index in [1.807, 2.05) is 13.8 Å². The van der Waals surface area contributed by atoms with Crippen molar-refractivity contribution in [1.82, 2.24) is 10.6 Å². The van der Waals surface area contributed by atoms with Gasteiger partial charge in [-0.05, 0) is 58.8 Å². The van der Waals surface area contributed by atoms with Crippen molar-refractivity contribution in [2.45, 2.75) is 162 Å². The van der Waals surface area contributed by atoms with Crippen LogP contribution in [0, 0.1) is 5.41 Å². The van der Waals surface area contributed by atoms with E-state index >= 15 is 0 Å². The number of aliphatic hydroxyl groups is 1. The summed E-state index contributed by atoms with van der Waals surface area (Å²) in [6.45, 7) is 11.0. The maximum Gasteiger partial charge on any atom is 0.249 e. The van der Waals surface area contributed by atoms with Crippen LogP contribution in [-0.2, 0) is 19.1 Å². The molecule has 0 radical (unpaired) electrons. The zero-order valence-electron chi connectivity index (χ0n) is 26.5. The molecule has 0 aromatic rings. The molecule has 0 spiro atoms. The van der Waals surface area contributed by atoms with E-state index in [1.54, 1.807) is 13.8 Å². The van der Waals surface area contributed by atoms with Crippen LogP contribution in [0.5, 0.6) is 0 Å². The number of nitrogens with one attached hydrogen (secondary N) is 2. The van der Waals surface area contributed by atoms with Gasteiger partial charge in [-0.1, -0.05) is 90.7 Å². The number of unbranched alkanes of at least 4 members (excludes halogenated alkanes) is 11. The van der Waals surface area contributed by atoms with Gasteiger partial charge in [-0.2, -0.15) is 0 Å². The Balaban J connectivity index is 1.95. The summed E-state index contributed by atoms with van der Waals surface area (Å²) in [4.78, 5) is 24.7. The van der Waals surface area contributed by atoms with Gasteiger partial charge in [0, 0.05) is 24.9 Å². The smallest absolute Gasteiger partial charge is 0.249 e. The Hall–Kier alpha value is -1.44. The highest BCUT2D eigenvalue weighted by Crippen LogP contribution is 2.34. The third kappa shape index (κ3) is 18.1. The first-order chi connectivity index (χ1) is 19.1. The van der Waals surface area contributed by atoms with Gasteiger partial charge in [0.05, 0.1) is 12.7 Å². The summed E-state index contributed by atoms with van der Waals surface area (Å²) >= 11 is 0. The molecule has 0 saturated carbocycles. The van der Waals surface area contributed by atoms with Crippen molar-refractivity contribution in [1.29, 1.82) is 0 Å². The molecule has 7 heteroatoms. The largest absolute Gasteiger partial charge is 0.393 e. The Morgan fingerprint density at radius 1 is 0.825 bits per heavy atom. The Bertz CT molecular complexity index is 707. The average molecular weight is 567 g/mol. The number of aliphatic hydroxyl groups excluding tert-OH is 1. The minimum atomic E-state index is -0.802. The normalized spacial score (nSPS) is 19.0. The fourth-order valence-electron chi connectivity index (χ4n) is 4.96. The molecule has 1 fully saturated rings. The molecular formula is C33H62N2O5. The van der Waals surface area contributed by atoms with Crippen molar-refractivity contribution in [3.05, 3.63) is 12.2 Å². The molecule has 2 amide bonds. The van der Waals surface area contributed by atoms with E-state index in [2.05, 4.69) is 29.7 Å². The summed E-state index contributed by atoms with van der Waals surface area (Å²) in [7, 11) is 0. The second kappa shape index (κ2) is 21.3. The van der Waals surface area contributed by atoms with Crippen LogP contribution in [0.15, 0.2) is 12.2 Å². The summed E-state index contributed by atoms with van der Waals surface area (Å²) < 4.78 is 11.5. The van der Waals surface area contributed by atoms with Gasteiger partial charge in [-0.3, -0.25) is 9.59 Å². The van der Waals surface area contributed by atoms with E-state index in [4.69, 9.17) is 9.47 Å². The zero-order chi connectivity index (χ0) is 29.7. The lowest BCUT2D eigenvalue weighted by Gasteiger charge is -2.44. The van der Waals surface area contributed by atoms with E-state index in [0.29, 0.717) is 19.6 Å². The molecular weight excluding hydrogens is 504 g/mol. The van der Waals surface area contributed by atoms with Gasteiger partial charge in [0.1, 0.15) is 6.10 Å². The standard InChI is InChI=1S/C33H62N2O5/c1-6-7-8-9-10-11-12-13-14-15-16-17-18-19-20-22-28(36)23-21-25-34-29(37)24-26-35-31(38)30-32(2,3)27-39-33(4,5)40-30/h13-14,28,30,36H,6-12,15-27H2,1-5H3,(H,34,37)(H,35,38)/b14-13-. The topological polar surface area (TPSA) is 96.9 Å². The minimum Gasteiger partial charge on any atom is -0.393 e. The van der Waals surface area contributed by atoms with Crippen molar-refractivity contribution >= 4 is 11.8 Å². The maximum atomic E-state index is 12.6. The van der Waals surface area contributed by atoms with Crippen LogP contribution in [0.4, 0.5) is 0 Å². The van der Waals surface area contributed by atoms with Crippen molar-refractivity contribution < 1.29 is 24.2 Å². The highest BCUT2D eigenvalue weighted by Gasteiger charge is 2.45. The number of rotatable bonds is 23. The third-order valence-electron chi connectivity index (χ3n) is 7.63. The Morgan fingerprint density at radius 2 is 1.40 bits per heavy atom. The number of ether oxygens (including phenoxy) is 2. The van der Waals surface area contributed by atoms with Crippen LogP contribution < -0.4 is 10.6 Å². The number of carbonyl (C=O) groups is 2. The van der Waals surface area contributed by atoms with Gasteiger partial charge in [-0.15, -0.1) is 0 Å². The molecule has 0 aromatic heterocycles. The van der Waals surface area contributed by atoms with Gasteiger partial charge >= 0.3 is 0 Å². The minimum absolute atomic E-state index is 0.0977. The molecule has 0 aromatic carbocycles. The van der Waals surface area contributed by atoms with Crippen LogP contribution >= 0.6 is 0 Å². The quantitative estimate of drug-likeness (QED) is 0.0917. The van der Waals surface area contributed by atoms with E-state index in [-0.39, 0.29) is 30.9 Å². The van der Waals surface area contributed by atoms with Crippen LogP contribution in [0.1, 0.15) is 144 Å². The first kappa shape index (κ1) is 36.6. The van der Waals surface area contributed by atoms with Crippen molar-refractivity contribution in [3.63, 3.8) is 0 Å². The number of allylic oxidation sites excluding steroid dienone is 2. The molecule has 3 N–H and O–H groups in total. The lowest BCUT2D eigenvalue weighted by molar-refractivity contribution is -0.304. The summed E-state index contributed by atoms with van der Waals surface area (Å²) in [6.07, 6.45) is 22.9. The predicted molar refractivity (Wildman–Crippen MR) is 164 cm³/mol. The van der Waals surface area contributed by atoms with Gasteiger partial charge in [0.15, 0.2) is 5.79 Å². The molecule has 2 atom stereocenters. The Morgan fingerprint density at radius 3 is 2.05 bits per heavy atom. The fourth-order valence-corrected chi connectivity index (χ4v) is 4.96. The van der Waals surface area contributed by atoms with Crippen LogP contribution in [0.3, 0.4) is 0 Å². The maximum absolute atomic E-state index is 12.6. The summed E-state index contributed by atoms with van der Waals surface area (Å²) in [6, 6.07) is 0. The molecule has 0 bridgehead atoms. The predicted octanol–water partition coefficient (Wildman–Crippen LogP) is 6.97. The molecule has 1 heterocycles. The highest BCUT2D eigenvalue weighted by molar-refractivity contribution is 5.83. The highest BCUT2D eigenvalue weighted by atomic mass is 16.7. The number of hydrogen-bond acceptors (Lipinski definition) is 5. The molecule has 1 saturated heterocycles. The van der Waals surface area contributed by atoms with Crippen LogP contribution in [-0.4, -0.2) is 54.6 Å². The molecule has 1 rings (SSSR count). The van der Waals surface area contributed by atoms with Crippen LogP contribution in [0.25, 0.3) is 0 Å².